The summed E-state index contributed by atoms with van der Waals surface area (Å²) in [6.45, 7) is 5.61. The van der Waals surface area contributed by atoms with Crippen molar-refractivity contribution in [3.8, 4) is 12.1 Å². The van der Waals surface area contributed by atoms with Crippen LogP contribution in [0.5, 0.6) is 0 Å². The minimum absolute atomic E-state index is 0.481. The standard InChI is InChI=1S/C21H25N7S/c1-3-16-17(11-22)20(28-8-4-7-27(2)9-10-28)26-21(18(16)12-23)29-14-15-5-6-19(24)25-13-15/h5-6,13H,3-4,7-10,14H2,1-2H3,(H2,24,25). The maximum Gasteiger partial charge on any atom is 0.148 e. The molecule has 2 aromatic rings. The first-order valence-corrected chi connectivity index (χ1v) is 10.7. The number of anilines is 2. The van der Waals surface area contributed by atoms with Gasteiger partial charge in [0, 0.05) is 31.6 Å². The maximum absolute atomic E-state index is 9.86. The van der Waals surface area contributed by atoms with Crippen molar-refractivity contribution in [3.63, 3.8) is 0 Å². The van der Waals surface area contributed by atoms with Crippen molar-refractivity contribution in [2.75, 3.05) is 43.9 Å². The summed E-state index contributed by atoms with van der Waals surface area (Å²) in [6, 6.07) is 8.31. The van der Waals surface area contributed by atoms with Crippen LogP contribution in [-0.2, 0) is 12.2 Å². The van der Waals surface area contributed by atoms with Crippen LogP contribution in [-0.4, -0.2) is 48.1 Å². The highest BCUT2D eigenvalue weighted by atomic mass is 32.2. The first-order chi connectivity index (χ1) is 14.1. The van der Waals surface area contributed by atoms with Crippen LogP contribution >= 0.6 is 11.8 Å². The number of hydrogen-bond donors (Lipinski definition) is 1. The number of aromatic nitrogens is 2. The first kappa shape index (κ1) is 20.9. The Bertz CT molecular complexity index is 943. The first-order valence-electron chi connectivity index (χ1n) is 9.71. The van der Waals surface area contributed by atoms with Gasteiger partial charge in [-0.2, -0.15) is 10.5 Å². The molecule has 29 heavy (non-hydrogen) atoms. The molecule has 3 heterocycles. The Labute approximate surface area is 176 Å². The van der Waals surface area contributed by atoms with Crippen LogP contribution in [0.15, 0.2) is 23.4 Å². The van der Waals surface area contributed by atoms with Gasteiger partial charge in [0.05, 0.1) is 11.1 Å². The van der Waals surface area contributed by atoms with Crippen LogP contribution in [0.25, 0.3) is 0 Å². The van der Waals surface area contributed by atoms with Gasteiger partial charge in [-0.1, -0.05) is 13.0 Å². The normalized spacial score (nSPS) is 14.8. The summed E-state index contributed by atoms with van der Waals surface area (Å²) in [6.07, 6.45) is 3.38. The Kier molecular flexibility index (Phi) is 6.92. The Hall–Kier alpha value is -2.81. The van der Waals surface area contributed by atoms with Gasteiger partial charge in [-0.3, -0.25) is 0 Å². The number of nitriles is 2. The van der Waals surface area contributed by atoms with Gasteiger partial charge in [0.25, 0.3) is 0 Å². The average molecular weight is 408 g/mol. The highest BCUT2D eigenvalue weighted by Crippen LogP contribution is 2.33. The molecule has 1 fully saturated rings. The van der Waals surface area contributed by atoms with Crippen molar-refractivity contribution in [1.29, 1.82) is 10.5 Å². The summed E-state index contributed by atoms with van der Waals surface area (Å²) in [5.74, 6) is 1.82. The Balaban J connectivity index is 1.99. The predicted molar refractivity (Wildman–Crippen MR) is 116 cm³/mol. The quantitative estimate of drug-likeness (QED) is 0.754. The molecular formula is C21H25N7S. The lowest BCUT2D eigenvalue weighted by atomic mass is 10.0. The monoisotopic (exact) mass is 407 g/mol. The molecule has 0 bridgehead atoms. The zero-order valence-electron chi connectivity index (χ0n) is 16.9. The minimum atomic E-state index is 0.481. The fourth-order valence-electron chi connectivity index (χ4n) is 3.45. The van der Waals surface area contributed by atoms with Crippen LogP contribution in [0.3, 0.4) is 0 Å². The topological polar surface area (TPSA) is 106 Å². The van der Waals surface area contributed by atoms with Gasteiger partial charge >= 0.3 is 0 Å². The molecule has 2 aromatic heterocycles. The number of nitrogens with zero attached hydrogens (tertiary/aromatic N) is 6. The highest BCUT2D eigenvalue weighted by molar-refractivity contribution is 7.98. The molecule has 7 nitrogen and oxygen atoms in total. The molecule has 150 valence electrons. The number of pyridine rings is 2. The molecule has 1 aliphatic rings. The second kappa shape index (κ2) is 9.60. The van der Waals surface area contributed by atoms with Crippen LogP contribution in [0, 0.1) is 22.7 Å². The van der Waals surface area contributed by atoms with Crippen LogP contribution in [0.4, 0.5) is 11.6 Å². The van der Waals surface area contributed by atoms with E-state index in [1.807, 2.05) is 13.0 Å². The van der Waals surface area contributed by atoms with E-state index in [-0.39, 0.29) is 0 Å². The van der Waals surface area contributed by atoms with Gasteiger partial charge in [0.2, 0.25) is 0 Å². The Morgan fingerprint density at radius 3 is 2.59 bits per heavy atom. The van der Waals surface area contributed by atoms with Gasteiger partial charge < -0.3 is 15.5 Å². The minimum Gasteiger partial charge on any atom is -0.384 e. The number of rotatable bonds is 5. The molecule has 0 saturated carbocycles. The molecule has 1 aliphatic heterocycles. The van der Waals surface area contributed by atoms with Crippen molar-refractivity contribution in [2.24, 2.45) is 0 Å². The van der Waals surface area contributed by atoms with E-state index in [9.17, 15) is 10.5 Å². The van der Waals surface area contributed by atoms with Crippen molar-refractivity contribution in [1.82, 2.24) is 14.9 Å². The molecule has 0 radical (unpaired) electrons. The van der Waals surface area contributed by atoms with Gasteiger partial charge in [0.1, 0.15) is 28.8 Å². The molecule has 0 amide bonds. The third-order valence-electron chi connectivity index (χ3n) is 5.07. The molecule has 3 rings (SSSR count). The van der Waals surface area contributed by atoms with Crippen molar-refractivity contribution in [3.05, 3.63) is 40.6 Å². The molecule has 0 unspecified atom stereocenters. The largest absolute Gasteiger partial charge is 0.384 e. The third-order valence-corrected chi connectivity index (χ3v) is 6.11. The second-order valence-electron chi connectivity index (χ2n) is 7.07. The van der Waals surface area contributed by atoms with E-state index >= 15 is 0 Å². The summed E-state index contributed by atoms with van der Waals surface area (Å²) in [5.41, 5.74) is 8.50. The fourth-order valence-corrected chi connectivity index (χ4v) is 4.39. The van der Waals surface area contributed by atoms with Crippen molar-refractivity contribution < 1.29 is 0 Å². The smallest absolute Gasteiger partial charge is 0.148 e. The number of likely N-dealkylation sites (N-methyl/N-ethyl adjacent to an activating group) is 1. The van der Waals surface area contributed by atoms with Gasteiger partial charge in [-0.25, -0.2) is 9.97 Å². The predicted octanol–water partition coefficient (Wildman–Crippen LogP) is 2.80. The summed E-state index contributed by atoms with van der Waals surface area (Å²) in [7, 11) is 2.11. The molecule has 0 spiro atoms. The molecule has 0 aromatic carbocycles. The van der Waals surface area contributed by atoms with E-state index in [0.29, 0.717) is 40.0 Å². The molecule has 8 heteroatoms. The van der Waals surface area contributed by atoms with Crippen LogP contribution < -0.4 is 10.6 Å². The molecule has 0 aliphatic carbocycles. The number of thioether (sulfide) groups is 1. The summed E-state index contributed by atoms with van der Waals surface area (Å²) < 4.78 is 0. The molecule has 2 N–H and O–H groups in total. The van der Waals surface area contributed by atoms with E-state index in [0.717, 1.165) is 43.7 Å². The van der Waals surface area contributed by atoms with E-state index in [1.165, 1.54) is 11.8 Å². The zero-order valence-corrected chi connectivity index (χ0v) is 17.7. The number of hydrogen-bond acceptors (Lipinski definition) is 8. The lowest BCUT2D eigenvalue weighted by Crippen LogP contribution is -2.30. The number of nitrogen functional groups attached to an aromatic ring is 1. The molecular weight excluding hydrogens is 382 g/mol. The molecule has 0 atom stereocenters. The second-order valence-corrected chi connectivity index (χ2v) is 8.03. The van der Waals surface area contributed by atoms with E-state index < -0.39 is 0 Å². The average Bonchev–Trinajstić information content (AvgIpc) is 2.96. The maximum atomic E-state index is 9.86. The van der Waals surface area contributed by atoms with Crippen molar-refractivity contribution in [2.45, 2.75) is 30.5 Å². The highest BCUT2D eigenvalue weighted by Gasteiger charge is 2.24. The summed E-state index contributed by atoms with van der Waals surface area (Å²) in [4.78, 5) is 13.4. The van der Waals surface area contributed by atoms with Gasteiger partial charge in [-0.15, -0.1) is 11.8 Å². The molecule has 1 saturated heterocycles. The lowest BCUT2D eigenvalue weighted by Gasteiger charge is -2.25. The van der Waals surface area contributed by atoms with Gasteiger partial charge in [0.15, 0.2) is 0 Å². The van der Waals surface area contributed by atoms with Gasteiger partial charge in [-0.05, 0) is 43.6 Å². The summed E-state index contributed by atoms with van der Waals surface area (Å²) >= 11 is 1.50. The summed E-state index contributed by atoms with van der Waals surface area (Å²) in [5, 5.41) is 20.3. The Morgan fingerprint density at radius 2 is 1.93 bits per heavy atom. The van der Waals surface area contributed by atoms with Crippen molar-refractivity contribution >= 4 is 23.4 Å². The van der Waals surface area contributed by atoms with E-state index in [2.05, 4.69) is 34.0 Å². The van der Waals surface area contributed by atoms with E-state index in [1.54, 1.807) is 12.3 Å². The van der Waals surface area contributed by atoms with E-state index in [4.69, 9.17) is 10.7 Å². The SMILES string of the molecule is CCc1c(C#N)c(SCc2ccc(N)nc2)nc(N2CCCN(C)CC2)c1C#N. The van der Waals surface area contributed by atoms with Crippen LogP contribution in [0.1, 0.15) is 35.6 Å². The van der Waals surface area contributed by atoms with Crippen LogP contribution in [0.2, 0.25) is 0 Å². The number of nitrogens with two attached hydrogens (primary N) is 1. The lowest BCUT2D eigenvalue weighted by molar-refractivity contribution is 0.360. The third kappa shape index (κ3) is 4.79. The zero-order chi connectivity index (χ0) is 20.8. The fraction of sp³-hybridized carbons (Fsp3) is 0.429. The Morgan fingerprint density at radius 1 is 1.14 bits per heavy atom.